The number of rotatable bonds is 7. The first-order chi connectivity index (χ1) is 13.0. The second-order valence-electron chi connectivity index (χ2n) is 7.11. The molecular formula is C20H26BrN5O. The lowest BCUT2D eigenvalue weighted by Crippen LogP contribution is -2.43. The van der Waals surface area contributed by atoms with Crippen LogP contribution in [0.15, 0.2) is 47.1 Å². The molecule has 0 bridgehead atoms. The number of anilines is 1. The summed E-state index contributed by atoms with van der Waals surface area (Å²) in [5.41, 5.74) is 1.10. The minimum absolute atomic E-state index is 0.0124. The molecule has 1 N–H and O–H groups in total. The Bertz CT molecular complexity index is 740. The molecule has 2 atom stereocenters. The summed E-state index contributed by atoms with van der Waals surface area (Å²) < 4.78 is 1.04. The Labute approximate surface area is 169 Å². The first-order valence-corrected chi connectivity index (χ1v) is 10.1. The van der Waals surface area contributed by atoms with E-state index in [0.29, 0.717) is 12.6 Å². The maximum absolute atomic E-state index is 12.4. The monoisotopic (exact) mass is 431 g/mol. The highest BCUT2D eigenvalue weighted by Gasteiger charge is 2.27. The number of carbonyl (C=O) groups is 1. The van der Waals surface area contributed by atoms with Crippen LogP contribution >= 0.6 is 15.9 Å². The van der Waals surface area contributed by atoms with Crippen molar-refractivity contribution in [2.45, 2.75) is 31.8 Å². The van der Waals surface area contributed by atoms with Crippen LogP contribution in [-0.2, 0) is 4.79 Å². The summed E-state index contributed by atoms with van der Waals surface area (Å²) in [4.78, 5) is 16.8. The zero-order valence-corrected chi connectivity index (χ0v) is 17.4. The number of nitrogens with one attached hydrogen (secondary N) is 1. The van der Waals surface area contributed by atoms with Crippen LogP contribution in [0.2, 0.25) is 0 Å². The molecule has 0 saturated carbocycles. The lowest BCUT2D eigenvalue weighted by atomic mass is 10.1. The van der Waals surface area contributed by atoms with Crippen LogP contribution < -0.4 is 10.2 Å². The Kier molecular flexibility index (Phi) is 6.79. The number of carbonyl (C=O) groups excluding carboxylic acids is 1. The molecule has 27 heavy (non-hydrogen) atoms. The quantitative estimate of drug-likeness (QED) is 0.729. The van der Waals surface area contributed by atoms with E-state index in [-0.39, 0.29) is 11.9 Å². The van der Waals surface area contributed by atoms with Crippen molar-refractivity contribution in [2.75, 3.05) is 31.6 Å². The highest BCUT2D eigenvalue weighted by Crippen LogP contribution is 2.23. The van der Waals surface area contributed by atoms with E-state index >= 15 is 0 Å². The number of hydrogen-bond acceptors (Lipinski definition) is 5. The Morgan fingerprint density at radius 3 is 2.85 bits per heavy atom. The standard InChI is InChI=1S/C20H26BrN5O/c1-15(16-7-9-17(21)10-8-16)23-20(27)14-25(2)13-18-5-4-12-26(18)19-6-3-11-22-24-19/h3,6-11,15,18H,4-5,12-14H2,1-2H3,(H,23,27). The fourth-order valence-electron chi connectivity index (χ4n) is 3.57. The maximum atomic E-state index is 12.4. The molecule has 1 aliphatic heterocycles. The first-order valence-electron chi connectivity index (χ1n) is 9.30. The summed E-state index contributed by atoms with van der Waals surface area (Å²) in [6.07, 6.45) is 3.94. The number of halogens is 1. The molecule has 1 aliphatic rings. The van der Waals surface area contributed by atoms with Crippen molar-refractivity contribution < 1.29 is 4.79 Å². The van der Waals surface area contributed by atoms with E-state index in [1.165, 1.54) is 0 Å². The Balaban J connectivity index is 1.50. The van der Waals surface area contributed by atoms with Gasteiger partial charge in [-0.25, -0.2) is 0 Å². The molecule has 144 valence electrons. The number of benzene rings is 1. The van der Waals surface area contributed by atoms with Crippen LogP contribution in [0.25, 0.3) is 0 Å². The Morgan fingerprint density at radius 2 is 2.15 bits per heavy atom. The first kappa shape index (κ1) is 19.8. The van der Waals surface area contributed by atoms with Gasteiger partial charge in [0.2, 0.25) is 5.91 Å². The topological polar surface area (TPSA) is 61.4 Å². The average molecular weight is 432 g/mol. The lowest BCUT2D eigenvalue weighted by molar-refractivity contribution is -0.122. The molecule has 1 aromatic heterocycles. The molecule has 2 unspecified atom stereocenters. The molecule has 1 saturated heterocycles. The van der Waals surface area contributed by atoms with Crippen LogP contribution in [0.1, 0.15) is 31.4 Å². The number of amides is 1. The van der Waals surface area contributed by atoms with Gasteiger partial charge in [-0.2, -0.15) is 5.10 Å². The third-order valence-electron chi connectivity index (χ3n) is 4.91. The fraction of sp³-hybridized carbons (Fsp3) is 0.450. The number of hydrogen-bond donors (Lipinski definition) is 1. The van der Waals surface area contributed by atoms with Crippen molar-refractivity contribution in [3.05, 3.63) is 52.6 Å². The second kappa shape index (κ2) is 9.28. The lowest BCUT2D eigenvalue weighted by Gasteiger charge is -2.29. The Hall–Kier alpha value is -1.99. The molecule has 2 heterocycles. The summed E-state index contributed by atoms with van der Waals surface area (Å²) >= 11 is 3.43. The maximum Gasteiger partial charge on any atom is 0.234 e. The minimum Gasteiger partial charge on any atom is -0.351 e. The van der Waals surface area contributed by atoms with Crippen LogP contribution in [0.4, 0.5) is 5.82 Å². The zero-order chi connectivity index (χ0) is 19.2. The van der Waals surface area contributed by atoms with Gasteiger partial charge >= 0.3 is 0 Å². The van der Waals surface area contributed by atoms with Crippen molar-refractivity contribution in [2.24, 2.45) is 0 Å². The third-order valence-corrected chi connectivity index (χ3v) is 5.44. The van der Waals surface area contributed by atoms with Gasteiger partial charge in [0.1, 0.15) is 0 Å². The van der Waals surface area contributed by atoms with Crippen molar-refractivity contribution in [1.82, 2.24) is 20.4 Å². The molecule has 6 nitrogen and oxygen atoms in total. The number of likely N-dealkylation sites (N-methyl/N-ethyl adjacent to an activating group) is 1. The van der Waals surface area contributed by atoms with Crippen LogP contribution in [-0.4, -0.2) is 53.7 Å². The number of aromatic nitrogens is 2. The fourth-order valence-corrected chi connectivity index (χ4v) is 3.83. The zero-order valence-electron chi connectivity index (χ0n) is 15.8. The predicted octanol–water partition coefficient (Wildman–Crippen LogP) is 3.02. The van der Waals surface area contributed by atoms with E-state index in [0.717, 1.165) is 41.8 Å². The van der Waals surface area contributed by atoms with Gasteiger partial charge < -0.3 is 10.2 Å². The summed E-state index contributed by atoms with van der Waals surface area (Å²) in [6.45, 7) is 4.21. The van der Waals surface area contributed by atoms with Gasteiger partial charge in [0, 0.05) is 29.8 Å². The van der Waals surface area contributed by atoms with Gasteiger partial charge in [-0.15, -0.1) is 5.10 Å². The summed E-state index contributed by atoms with van der Waals surface area (Å²) in [5.74, 6) is 0.957. The van der Waals surface area contributed by atoms with E-state index in [1.54, 1.807) is 6.20 Å². The van der Waals surface area contributed by atoms with E-state index in [4.69, 9.17) is 0 Å². The molecule has 1 amide bonds. The van der Waals surface area contributed by atoms with Gasteiger partial charge in [-0.05, 0) is 56.6 Å². The molecular weight excluding hydrogens is 406 g/mol. The third kappa shape index (κ3) is 5.49. The van der Waals surface area contributed by atoms with Gasteiger partial charge in [-0.3, -0.25) is 9.69 Å². The van der Waals surface area contributed by atoms with Gasteiger partial charge in [0.15, 0.2) is 5.82 Å². The summed E-state index contributed by atoms with van der Waals surface area (Å²) in [5, 5.41) is 11.3. The van der Waals surface area contributed by atoms with Gasteiger partial charge in [0.25, 0.3) is 0 Å². The van der Waals surface area contributed by atoms with Crippen molar-refractivity contribution in [1.29, 1.82) is 0 Å². The molecule has 2 aromatic rings. The largest absolute Gasteiger partial charge is 0.351 e. The highest BCUT2D eigenvalue weighted by molar-refractivity contribution is 9.10. The molecule has 0 spiro atoms. The predicted molar refractivity (Wildman–Crippen MR) is 111 cm³/mol. The minimum atomic E-state index is -0.0124. The van der Waals surface area contributed by atoms with Crippen molar-refractivity contribution in [3.63, 3.8) is 0 Å². The van der Waals surface area contributed by atoms with E-state index in [9.17, 15) is 4.79 Å². The van der Waals surface area contributed by atoms with E-state index in [1.807, 2.05) is 50.4 Å². The Morgan fingerprint density at radius 1 is 1.37 bits per heavy atom. The van der Waals surface area contributed by atoms with Gasteiger partial charge in [0.05, 0.1) is 12.6 Å². The van der Waals surface area contributed by atoms with Crippen molar-refractivity contribution in [3.8, 4) is 0 Å². The molecule has 7 heteroatoms. The smallest absolute Gasteiger partial charge is 0.234 e. The average Bonchev–Trinajstić information content (AvgIpc) is 3.10. The SMILES string of the molecule is CC(NC(=O)CN(C)CC1CCCN1c1cccnn1)c1ccc(Br)cc1. The van der Waals surface area contributed by atoms with Crippen LogP contribution in [0.5, 0.6) is 0 Å². The molecule has 3 rings (SSSR count). The molecule has 1 aromatic carbocycles. The number of nitrogens with zero attached hydrogens (tertiary/aromatic N) is 4. The van der Waals surface area contributed by atoms with E-state index in [2.05, 4.69) is 41.2 Å². The molecule has 0 radical (unpaired) electrons. The summed E-state index contributed by atoms with van der Waals surface area (Å²) in [6, 6.07) is 12.3. The second-order valence-corrected chi connectivity index (χ2v) is 8.02. The summed E-state index contributed by atoms with van der Waals surface area (Å²) in [7, 11) is 2.00. The normalized spacial score (nSPS) is 17.9. The van der Waals surface area contributed by atoms with E-state index < -0.39 is 0 Å². The highest BCUT2D eigenvalue weighted by atomic mass is 79.9. The molecule has 1 fully saturated rings. The van der Waals surface area contributed by atoms with Crippen molar-refractivity contribution >= 4 is 27.7 Å². The van der Waals surface area contributed by atoms with Gasteiger partial charge in [-0.1, -0.05) is 28.1 Å². The van der Waals surface area contributed by atoms with Crippen LogP contribution in [0, 0.1) is 0 Å². The molecule has 0 aliphatic carbocycles. The van der Waals surface area contributed by atoms with Crippen LogP contribution in [0.3, 0.4) is 0 Å².